The molecule has 16 heavy (non-hydrogen) atoms. The first-order valence-electron chi connectivity index (χ1n) is 6.12. The van der Waals surface area contributed by atoms with Gasteiger partial charge in [0.05, 0.1) is 12.2 Å². The molecule has 0 unspecified atom stereocenters. The van der Waals surface area contributed by atoms with Gasteiger partial charge >= 0.3 is 0 Å². The Morgan fingerprint density at radius 3 is 2.12 bits per heavy atom. The summed E-state index contributed by atoms with van der Waals surface area (Å²) in [5.74, 6) is 0. The zero-order valence-corrected chi connectivity index (χ0v) is 11.9. The van der Waals surface area contributed by atoms with Crippen LogP contribution >= 0.6 is 0 Å². The molecule has 0 aromatic carbocycles. The number of carbonyl (C=O) groups excluding carboxylic acids is 1. The SMILES string of the molecule is C=O.CC.CN1CCC[C@H]1COC(C)(C)C. The first kappa shape index (κ1) is 18.0. The topological polar surface area (TPSA) is 29.5 Å². The van der Waals surface area contributed by atoms with Gasteiger partial charge in [0.2, 0.25) is 0 Å². The van der Waals surface area contributed by atoms with Crippen LogP contribution in [-0.2, 0) is 9.53 Å². The van der Waals surface area contributed by atoms with Crippen molar-refractivity contribution in [3.63, 3.8) is 0 Å². The summed E-state index contributed by atoms with van der Waals surface area (Å²) < 4.78 is 5.74. The smallest absolute Gasteiger partial charge is 0.106 e. The van der Waals surface area contributed by atoms with Crippen LogP contribution in [0.5, 0.6) is 0 Å². The highest BCUT2D eigenvalue weighted by Crippen LogP contribution is 2.17. The van der Waals surface area contributed by atoms with Crippen molar-refractivity contribution in [3.05, 3.63) is 0 Å². The molecule has 1 heterocycles. The molecular weight excluding hydrogens is 202 g/mol. The third-order valence-electron chi connectivity index (χ3n) is 2.38. The fraction of sp³-hybridized carbons (Fsp3) is 0.923. The van der Waals surface area contributed by atoms with Gasteiger partial charge in [-0.2, -0.15) is 0 Å². The molecule has 1 aliphatic heterocycles. The third-order valence-corrected chi connectivity index (χ3v) is 2.38. The number of carbonyl (C=O) groups is 1. The standard InChI is InChI=1S/C10H21NO.C2H6.CH2O/c1-10(2,3)12-8-9-6-5-7-11(9)4;2*1-2/h9H,5-8H2,1-4H3;1-2H3;1H2/t9-;;/m0../s1. The van der Waals surface area contributed by atoms with Crippen molar-refractivity contribution in [1.82, 2.24) is 4.90 Å². The number of nitrogens with zero attached hydrogens (tertiary/aromatic N) is 1. The largest absolute Gasteiger partial charge is 0.374 e. The summed E-state index contributed by atoms with van der Waals surface area (Å²) in [6, 6.07) is 0.657. The molecule has 0 aromatic rings. The van der Waals surface area contributed by atoms with E-state index in [2.05, 4.69) is 32.7 Å². The highest BCUT2D eigenvalue weighted by atomic mass is 16.5. The summed E-state index contributed by atoms with van der Waals surface area (Å²) in [6.45, 7) is 14.5. The molecule has 1 aliphatic rings. The van der Waals surface area contributed by atoms with Crippen LogP contribution in [0.2, 0.25) is 0 Å². The van der Waals surface area contributed by atoms with Crippen LogP contribution in [0.15, 0.2) is 0 Å². The number of hydrogen-bond acceptors (Lipinski definition) is 3. The molecule has 3 heteroatoms. The highest BCUT2D eigenvalue weighted by Gasteiger charge is 2.22. The first-order chi connectivity index (χ1) is 7.49. The Bertz CT molecular complexity index is 155. The van der Waals surface area contributed by atoms with E-state index >= 15 is 0 Å². The van der Waals surface area contributed by atoms with E-state index in [4.69, 9.17) is 9.53 Å². The van der Waals surface area contributed by atoms with Gasteiger partial charge in [0, 0.05) is 6.04 Å². The van der Waals surface area contributed by atoms with Gasteiger partial charge < -0.3 is 14.4 Å². The van der Waals surface area contributed by atoms with Gasteiger partial charge in [-0.05, 0) is 47.2 Å². The molecule has 0 N–H and O–H groups in total. The zero-order chi connectivity index (χ0) is 13.2. The minimum absolute atomic E-state index is 0.0173. The van der Waals surface area contributed by atoms with Gasteiger partial charge in [-0.15, -0.1) is 0 Å². The summed E-state index contributed by atoms with van der Waals surface area (Å²) in [5, 5.41) is 0. The first-order valence-corrected chi connectivity index (χ1v) is 6.12. The maximum absolute atomic E-state index is 8.00. The van der Waals surface area contributed by atoms with Gasteiger partial charge in [0.15, 0.2) is 0 Å². The van der Waals surface area contributed by atoms with E-state index in [9.17, 15) is 0 Å². The Morgan fingerprint density at radius 2 is 1.81 bits per heavy atom. The number of likely N-dealkylation sites (tertiary alicyclic amines) is 1. The number of likely N-dealkylation sites (N-methyl/N-ethyl adjacent to an activating group) is 1. The molecule has 3 nitrogen and oxygen atoms in total. The molecule has 0 aromatic heterocycles. The van der Waals surface area contributed by atoms with Gasteiger partial charge in [0.25, 0.3) is 0 Å². The van der Waals surface area contributed by atoms with Crippen molar-refractivity contribution < 1.29 is 9.53 Å². The fourth-order valence-electron chi connectivity index (χ4n) is 1.54. The average molecular weight is 231 g/mol. The van der Waals surface area contributed by atoms with Crippen LogP contribution in [0.1, 0.15) is 47.5 Å². The van der Waals surface area contributed by atoms with Crippen LogP contribution in [0.4, 0.5) is 0 Å². The van der Waals surface area contributed by atoms with Crippen LogP contribution in [-0.4, -0.2) is 43.5 Å². The van der Waals surface area contributed by atoms with E-state index in [0.29, 0.717) is 6.04 Å². The van der Waals surface area contributed by atoms with Crippen LogP contribution in [0.25, 0.3) is 0 Å². The Hall–Kier alpha value is -0.410. The summed E-state index contributed by atoms with van der Waals surface area (Å²) in [4.78, 5) is 10.4. The number of rotatable bonds is 2. The molecular formula is C13H29NO2. The molecule has 1 fully saturated rings. The summed E-state index contributed by atoms with van der Waals surface area (Å²) in [5.41, 5.74) is 0.0173. The molecule has 0 amide bonds. The lowest BCUT2D eigenvalue weighted by atomic mass is 10.2. The molecule has 98 valence electrons. The van der Waals surface area contributed by atoms with Gasteiger partial charge in [-0.25, -0.2) is 0 Å². The predicted molar refractivity (Wildman–Crippen MR) is 69.8 cm³/mol. The average Bonchev–Trinajstić information content (AvgIpc) is 2.66. The number of hydrogen-bond donors (Lipinski definition) is 0. The van der Waals surface area contributed by atoms with E-state index in [0.717, 1.165) is 6.61 Å². The Morgan fingerprint density at radius 1 is 1.31 bits per heavy atom. The van der Waals surface area contributed by atoms with Crippen molar-refractivity contribution >= 4 is 6.79 Å². The predicted octanol–water partition coefficient (Wildman–Crippen LogP) is 2.74. The second-order valence-electron chi connectivity index (χ2n) is 4.70. The highest BCUT2D eigenvalue weighted by molar-refractivity contribution is 5.10. The van der Waals surface area contributed by atoms with Crippen molar-refractivity contribution in [2.24, 2.45) is 0 Å². The molecule has 0 radical (unpaired) electrons. The van der Waals surface area contributed by atoms with Crippen LogP contribution < -0.4 is 0 Å². The van der Waals surface area contributed by atoms with Gasteiger partial charge in [-0.3, -0.25) is 0 Å². The quantitative estimate of drug-likeness (QED) is 0.732. The molecule has 1 atom stereocenters. The lowest BCUT2D eigenvalue weighted by Crippen LogP contribution is -2.33. The maximum Gasteiger partial charge on any atom is 0.106 e. The monoisotopic (exact) mass is 231 g/mol. The van der Waals surface area contributed by atoms with E-state index in [1.807, 2.05) is 20.6 Å². The maximum atomic E-state index is 8.00. The third kappa shape index (κ3) is 8.86. The normalized spacial score (nSPS) is 20.5. The van der Waals surface area contributed by atoms with Crippen molar-refractivity contribution in [3.8, 4) is 0 Å². The van der Waals surface area contributed by atoms with E-state index in [1.54, 1.807) is 0 Å². The minimum Gasteiger partial charge on any atom is -0.374 e. The molecule has 0 bridgehead atoms. The van der Waals surface area contributed by atoms with Crippen molar-refractivity contribution in [2.75, 3.05) is 20.2 Å². The summed E-state index contributed by atoms with van der Waals surface area (Å²) in [7, 11) is 2.18. The minimum atomic E-state index is 0.0173. The molecule has 1 saturated heterocycles. The number of ether oxygens (including phenoxy) is 1. The zero-order valence-electron chi connectivity index (χ0n) is 11.9. The molecule has 1 rings (SSSR count). The van der Waals surface area contributed by atoms with Crippen LogP contribution in [0.3, 0.4) is 0 Å². The van der Waals surface area contributed by atoms with Gasteiger partial charge in [0.1, 0.15) is 6.79 Å². The van der Waals surface area contributed by atoms with Crippen molar-refractivity contribution in [2.45, 2.75) is 59.1 Å². The summed E-state index contributed by atoms with van der Waals surface area (Å²) >= 11 is 0. The second kappa shape index (κ2) is 9.79. The second-order valence-corrected chi connectivity index (χ2v) is 4.70. The van der Waals surface area contributed by atoms with E-state index in [-0.39, 0.29) is 5.60 Å². The van der Waals surface area contributed by atoms with Crippen molar-refractivity contribution in [1.29, 1.82) is 0 Å². The summed E-state index contributed by atoms with van der Waals surface area (Å²) in [6.07, 6.45) is 2.63. The Balaban J connectivity index is 0. The lowest BCUT2D eigenvalue weighted by Gasteiger charge is -2.25. The molecule has 0 spiro atoms. The molecule has 0 saturated carbocycles. The van der Waals surface area contributed by atoms with Crippen LogP contribution in [0, 0.1) is 0 Å². The Kier molecular flexibility index (Phi) is 11.0. The lowest BCUT2D eigenvalue weighted by molar-refractivity contribution is -0.0979. The Labute approximate surface area is 101 Å². The van der Waals surface area contributed by atoms with Gasteiger partial charge in [-0.1, -0.05) is 13.8 Å². The van der Waals surface area contributed by atoms with E-state index in [1.165, 1.54) is 19.4 Å². The fourth-order valence-corrected chi connectivity index (χ4v) is 1.54. The molecule has 0 aliphatic carbocycles. The van der Waals surface area contributed by atoms with E-state index < -0.39 is 0 Å².